The SMILES string of the molecule is c1ccc(-c2ccc(-c3cc(-c4ccc(-c5ccccc5)cc4)nc(-c4ccccc4-c4ccc5c(c4)Oc4c(ccc6c4-c4ccccc4C6(c4ccccc4)c4ccccc4)O5)n3)cc2)cc1. The number of nitrogens with zero attached hydrogens (tertiary/aromatic N) is 2. The highest BCUT2D eigenvalue weighted by molar-refractivity contribution is 5.92. The lowest BCUT2D eigenvalue weighted by Gasteiger charge is -2.34. The first-order valence-electron chi connectivity index (χ1n) is 23.4. The van der Waals surface area contributed by atoms with Crippen molar-refractivity contribution in [2.75, 3.05) is 0 Å². The molecule has 0 fully saturated rings. The molecule has 0 saturated heterocycles. The maximum atomic E-state index is 7.13. The molecule has 13 rings (SSSR count). The molecule has 0 spiro atoms. The van der Waals surface area contributed by atoms with E-state index in [4.69, 9.17) is 19.4 Å². The lowest BCUT2D eigenvalue weighted by molar-refractivity contribution is 0.360. The molecule has 1 aliphatic heterocycles. The van der Waals surface area contributed by atoms with Crippen LogP contribution in [0.2, 0.25) is 0 Å². The van der Waals surface area contributed by atoms with E-state index < -0.39 is 5.41 Å². The van der Waals surface area contributed by atoms with Crippen LogP contribution in [-0.2, 0) is 5.41 Å². The fourth-order valence-electron chi connectivity index (χ4n) is 10.5. The van der Waals surface area contributed by atoms with Crippen LogP contribution in [0.25, 0.3) is 78.4 Å². The van der Waals surface area contributed by atoms with Gasteiger partial charge >= 0.3 is 0 Å². The van der Waals surface area contributed by atoms with Gasteiger partial charge in [0.2, 0.25) is 0 Å². The lowest BCUT2D eigenvalue weighted by Crippen LogP contribution is -2.28. The number of ether oxygens (including phenoxy) is 2. The standard InChI is InChI=1S/C65H42N2O2/c1-5-17-43(18-6-1)45-29-33-47(34-30-45)57-42-58(48-35-31-46(32-36-48)44-19-7-2-8-20-44)67-64(66-57)53-26-14-13-25-52(53)49-37-39-59-61(41-49)69-63-60(68-59)40-38-56-62(63)54-27-15-16-28-55(54)65(56,50-21-9-3-10-22-50)51-23-11-4-12-24-51/h1-42H. The van der Waals surface area contributed by atoms with Gasteiger partial charge in [-0.05, 0) is 85.5 Å². The summed E-state index contributed by atoms with van der Waals surface area (Å²) in [6, 6.07) is 89.5. The normalized spacial score (nSPS) is 12.7. The van der Waals surface area contributed by atoms with Crippen molar-refractivity contribution in [2.45, 2.75) is 5.41 Å². The van der Waals surface area contributed by atoms with Gasteiger partial charge in [-0.3, -0.25) is 0 Å². The van der Waals surface area contributed by atoms with Crippen LogP contribution in [0.1, 0.15) is 22.3 Å². The molecule has 4 heteroatoms. The Morgan fingerprint density at radius 3 is 1.32 bits per heavy atom. The van der Waals surface area contributed by atoms with Gasteiger partial charge in [0.25, 0.3) is 0 Å². The van der Waals surface area contributed by atoms with E-state index in [2.05, 4.69) is 237 Å². The van der Waals surface area contributed by atoms with Crippen molar-refractivity contribution in [3.63, 3.8) is 0 Å². The molecular weight excluding hydrogens is 841 g/mol. The quantitative estimate of drug-likeness (QED) is 0.152. The summed E-state index contributed by atoms with van der Waals surface area (Å²) in [4.78, 5) is 10.7. The molecule has 1 aliphatic carbocycles. The maximum Gasteiger partial charge on any atom is 0.178 e. The third-order valence-electron chi connectivity index (χ3n) is 13.7. The van der Waals surface area contributed by atoms with Gasteiger partial charge in [-0.1, -0.05) is 231 Å². The molecule has 324 valence electrons. The van der Waals surface area contributed by atoms with Gasteiger partial charge in [0.15, 0.2) is 28.8 Å². The number of hydrogen-bond donors (Lipinski definition) is 0. The third kappa shape index (κ3) is 6.84. The van der Waals surface area contributed by atoms with Gasteiger partial charge in [-0.2, -0.15) is 0 Å². The van der Waals surface area contributed by atoms with Crippen molar-refractivity contribution in [3.8, 4) is 101 Å². The van der Waals surface area contributed by atoms with Gasteiger partial charge in [0.05, 0.1) is 16.8 Å². The average Bonchev–Trinajstić information content (AvgIpc) is 3.75. The molecular formula is C65H42N2O2. The summed E-state index contributed by atoms with van der Waals surface area (Å²) in [5.74, 6) is 3.33. The highest BCUT2D eigenvalue weighted by Gasteiger charge is 2.48. The van der Waals surface area contributed by atoms with Crippen molar-refractivity contribution >= 4 is 0 Å². The Labute approximate surface area is 401 Å². The van der Waals surface area contributed by atoms with Crippen molar-refractivity contribution < 1.29 is 9.47 Å². The van der Waals surface area contributed by atoms with Gasteiger partial charge < -0.3 is 9.47 Å². The maximum absolute atomic E-state index is 7.13. The Kier molecular flexibility index (Phi) is 9.69. The van der Waals surface area contributed by atoms with Crippen LogP contribution in [0.4, 0.5) is 0 Å². The minimum absolute atomic E-state index is 0.560. The Bertz CT molecular complexity index is 3550. The fourth-order valence-corrected chi connectivity index (χ4v) is 10.5. The Hall–Kier alpha value is -9.12. The summed E-state index contributed by atoms with van der Waals surface area (Å²) in [7, 11) is 0. The first-order valence-corrected chi connectivity index (χ1v) is 23.4. The summed E-state index contributed by atoms with van der Waals surface area (Å²) in [6.07, 6.45) is 0. The molecule has 0 radical (unpaired) electrons. The van der Waals surface area contributed by atoms with E-state index in [1.165, 1.54) is 27.8 Å². The monoisotopic (exact) mass is 882 g/mol. The number of hydrogen-bond acceptors (Lipinski definition) is 4. The van der Waals surface area contributed by atoms with E-state index >= 15 is 0 Å². The summed E-state index contributed by atoms with van der Waals surface area (Å²) >= 11 is 0. The molecule has 1 aromatic heterocycles. The molecule has 0 amide bonds. The third-order valence-corrected chi connectivity index (χ3v) is 13.7. The van der Waals surface area contributed by atoms with Crippen LogP contribution in [0, 0.1) is 0 Å². The highest BCUT2D eigenvalue weighted by atomic mass is 16.6. The van der Waals surface area contributed by atoms with Crippen molar-refractivity contribution in [3.05, 3.63) is 277 Å². The number of rotatable bonds is 8. The number of fused-ring (bicyclic) bond motifs is 6. The molecule has 0 N–H and O–H groups in total. The number of benzene rings is 10. The van der Waals surface area contributed by atoms with Gasteiger partial charge in [0.1, 0.15) is 0 Å². The largest absolute Gasteiger partial charge is 0.449 e. The second kappa shape index (κ2) is 16.6. The van der Waals surface area contributed by atoms with E-state index in [0.717, 1.165) is 67.0 Å². The van der Waals surface area contributed by atoms with Crippen LogP contribution < -0.4 is 9.47 Å². The number of aromatic nitrogens is 2. The molecule has 0 saturated carbocycles. The second-order valence-corrected chi connectivity index (χ2v) is 17.6. The molecule has 2 aliphatic rings. The molecule has 0 atom stereocenters. The van der Waals surface area contributed by atoms with E-state index in [0.29, 0.717) is 28.8 Å². The van der Waals surface area contributed by atoms with Crippen molar-refractivity contribution in [2.24, 2.45) is 0 Å². The molecule has 0 bridgehead atoms. The summed E-state index contributed by atoms with van der Waals surface area (Å²) in [6.45, 7) is 0. The summed E-state index contributed by atoms with van der Waals surface area (Å²) in [5.41, 5.74) is 17.6. The van der Waals surface area contributed by atoms with E-state index in [1.54, 1.807) is 0 Å². The molecule has 4 nitrogen and oxygen atoms in total. The predicted octanol–water partition coefficient (Wildman–Crippen LogP) is 16.7. The van der Waals surface area contributed by atoms with Crippen molar-refractivity contribution in [1.82, 2.24) is 9.97 Å². The Balaban J connectivity index is 0.917. The molecule has 0 unspecified atom stereocenters. The molecule has 2 heterocycles. The smallest absolute Gasteiger partial charge is 0.178 e. The van der Waals surface area contributed by atoms with E-state index in [-0.39, 0.29) is 0 Å². The minimum Gasteiger partial charge on any atom is -0.449 e. The molecule has 11 aromatic rings. The van der Waals surface area contributed by atoms with Gasteiger partial charge in [-0.25, -0.2) is 9.97 Å². The van der Waals surface area contributed by atoms with Crippen LogP contribution in [0.15, 0.2) is 255 Å². The molecule has 69 heavy (non-hydrogen) atoms. The van der Waals surface area contributed by atoms with Crippen LogP contribution in [0.3, 0.4) is 0 Å². The predicted molar refractivity (Wildman–Crippen MR) is 279 cm³/mol. The Morgan fingerprint density at radius 1 is 0.290 bits per heavy atom. The van der Waals surface area contributed by atoms with Gasteiger partial charge in [0, 0.05) is 22.3 Å². The zero-order chi connectivity index (χ0) is 45.7. The first kappa shape index (κ1) is 40.2. The first-order chi connectivity index (χ1) is 34.2. The Morgan fingerprint density at radius 2 is 0.739 bits per heavy atom. The van der Waals surface area contributed by atoms with E-state index in [9.17, 15) is 0 Å². The van der Waals surface area contributed by atoms with Crippen molar-refractivity contribution in [1.29, 1.82) is 0 Å². The summed E-state index contributed by atoms with van der Waals surface area (Å²) in [5, 5.41) is 0. The summed E-state index contributed by atoms with van der Waals surface area (Å²) < 4.78 is 13.9. The lowest BCUT2D eigenvalue weighted by atomic mass is 9.68. The fraction of sp³-hybridized carbons (Fsp3) is 0.0154. The van der Waals surface area contributed by atoms with Crippen LogP contribution >= 0.6 is 0 Å². The minimum atomic E-state index is -0.560. The topological polar surface area (TPSA) is 44.2 Å². The van der Waals surface area contributed by atoms with Crippen LogP contribution in [0.5, 0.6) is 23.0 Å². The second-order valence-electron chi connectivity index (χ2n) is 17.6. The van der Waals surface area contributed by atoms with E-state index in [1.807, 2.05) is 18.2 Å². The molecule has 10 aromatic carbocycles. The zero-order valence-electron chi connectivity index (χ0n) is 37.5. The zero-order valence-corrected chi connectivity index (χ0v) is 37.5. The average molecular weight is 883 g/mol. The van der Waals surface area contributed by atoms with Crippen LogP contribution in [-0.4, -0.2) is 9.97 Å². The van der Waals surface area contributed by atoms with Gasteiger partial charge in [-0.15, -0.1) is 0 Å². The highest BCUT2D eigenvalue weighted by Crippen LogP contribution is 2.62.